The first kappa shape index (κ1) is 18.4. The van der Waals surface area contributed by atoms with E-state index < -0.39 is 0 Å². The molecule has 2 aliphatic rings. The third-order valence-corrected chi connectivity index (χ3v) is 6.29. The molecule has 6 rings (SSSR count). The Kier molecular flexibility index (Phi) is 4.22. The van der Waals surface area contributed by atoms with Gasteiger partial charge in [-0.15, -0.1) is 0 Å². The molecule has 1 unspecified atom stereocenters. The van der Waals surface area contributed by atoms with Crippen LogP contribution in [0, 0.1) is 6.92 Å². The Morgan fingerprint density at radius 1 is 1.03 bits per heavy atom. The number of hydrogen-bond donors (Lipinski definition) is 1. The lowest BCUT2D eigenvalue weighted by atomic mass is 10.1. The van der Waals surface area contributed by atoms with E-state index in [-0.39, 0.29) is 6.04 Å². The van der Waals surface area contributed by atoms with Crippen molar-refractivity contribution in [2.75, 3.05) is 5.32 Å². The molecule has 1 aliphatic heterocycles. The molecule has 4 aromatic heterocycles. The summed E-state index contributed by atoms with van der Waals surface area (Å²) in [6.07, 6.45) is 11.9. The summed E-state index contributed by atoms with van der Waals surface area (Å²) in [4.78, 5) is 27.4. The van der Waals surface area contributed by atoms with Gasteiger partial charge in [0.15, 0.2) is 17.0 Å². The molecule has 0 spiro atoms. The van der Waals surface area contributed by atoms with E-state index in [0.717, 1.165) is 60.1 Å². The standard InChI is InChI=1S/C22H25N9/c1-3-30-21(15-8-23-13(2)24-9-15)29-18-19(26-12-27-22(18)30)28-16-6-7-17-10-25-20(14-4-5-14)31(17)11-16/h8-10,12,14,16H,3-7,11H2,1-2H3,(H,26,27,28). The molecule has 0 saturated heterocycles. The van der Waals surface area contributed by atoms with Crippen LogP contribution in [0.5, 0.6) is 0 Å². The Morgan fingerprint density at radius 3 is 2.65 bits per heavy atom. The zero-order valence-corrected chi connectivity index (χ0v) is 17.8. The van der Waals surface area contributed by atoms with E-state index in [1.807, 2.05) is 19.3 Å². The molecule has 0 aromatic carbocycles. The van der Waals surface area contributed by atoms with Gasteiger partial charge in [0, 0.05) is 49.3 Å². The van der Waals surface area contributed by atoms with Crippen LogP contribution in [0.25, 0.3) is 22.6 Å². The maximum absolute atomic E-state index is 4.92. The average Bonchev–Trinajstić information content (AvgIpc) is 3.43. The largest absolute Gasteiger partial charge is 0.364 e. The predicted octanol–water partition coefficient (Wildman–Crippen LogP) is 3.11. The summed E-state index contributed by atoms with van der Waals surface area (Å²) >= 11 is 0. The lowest BCUT2D eigenvalue weighted by Crippen LogP contribution is -2.32. The minimum atomic E-state index is 0.287. The van der Waals surface area contributed by atoms with Crippen LogP contribution in [0.3, 0.4) is 0 Å². The minimum Gasteiger partial charge on any atom is -0.364 e. The molecular weight excluding hydrogens is 390 g/mol. The van der Waals surface area contributed by atoms with Crippen molar-refractivity contribution in [1.82, 2.24) is 39.0 Å². The number of nitrogens with zero attached hydrogens (tertiary/aromatic N) is 8. The van der Waals surface area contributed by atoms with Crippen molar-refractivity contribution in [3.8, 4) is 11.4 Å². The molecule has 1 saturated carbocycles. The van der Waals surface area contributed by atoms with Crippen LogP contribution in [0.4, 0.5) is 5.82 Å². The van der Waals surface area contributed by atoms with Gasteiger partial charge in [0.05, 0.1) is 5.56 Å². The summed E-state index contributed by atoms with van der Waals surface area (Å²) in [7, 11) is 0. The van der Waals surface area contributed by atoms with Gasteiger partial charge in [-0.25, -0.2) is 29.9 Å². The van der Waals surface area contributed by atoms with Gasteiger partial charge in [-0.1, -0.05) is 0 Å². The molecule has 9 heteroatoms. The first-order valence-electron chi connectivity index (χ1n) is 11.0. The number of aromatic nitrogens is 8. The molecule has 1 atom stereocenters. The lowest BCUT2D eigenvalue weighted by molar-refractivity contribution is 0.470. The Morgan fingerprint density at radius 2 is 1.87 bits per heavy atom. The second-order valence-electron chi connectivity index (χ2n) is 8.47. The highest BCUT2D eigenvalue weighted by molar-refractivity contribution is 5.86. The second kappa shape index (κ2) is 7.11. The molecule has 0 amide bonds. The molecule has 31 heavy (non-hydrogen) atoms. The summed E-state index contributed by atoms with van der Waals surface area (Å²) in [5.74, 6) is 4.25. The van der Waals surface area contributed by atoms with Crippen molar-refractivity contribution in [1.29, 1.82) is 0 Å². The summed E-state index contributed by atoms with van der Waals surface area (Å²) in [5, 5.41) is 3.66. The summed E-state index contributed by atoms with van der Waals surface area (Å²) in [5.41, 5.74) is 3.85. The van der Waals surface area contributed by atoms with Gasteiger partial charge in [-0.2, -0.15) is 0 Å². The van der Waals surface area contributed by atoms with E-state index in [2.05, 4.69) is 47.5 Å². The van der Waals surface area contributed by atoms with Crippen molar-refractivity contribution in [3.05, 3.63) is 42.3 Å². The number of rotatable bonds is 5. The molecule has 158 valence electrons. The van der Waals surface area contributed by atoms with E-state index in [1.54, 1.807) is 6.33 Å². The molecular formula is C22H25N9. The molecule has 1 fully saturated rings. The summed E-state index contributed by atoms with van der Waals surface area (Å²) in [6, 6.07) is 0.287. The monoisotopic (exact) mass is 415 g/mol. The number of nitrogens with one attached hydrogen (secondary N) is 1. The molecule has 1 aliphatic carbocycles. The van der Waals surface area contributed by atoms with Crippen LogP contribution in [0.1, 0.15) is 49.4 Å². The normalized spacial score (nSPS) is 18.3. The Hall–Kier alpha value is -3.36. The maximum Gasteiger partial charge on any atom is 0.165 e. The topological polar surface area (TPSA) is 99.2 Å². The number of imidazole rings is 2. The third kappa shape index (κ3) is 3.15. The summed E-state index contributed by atoms with van der Waals surface area (Å²) < 4.78 is 4.51. The summed E-state index contributed by atoms with van der Waals surface area (Å²) in [6.45, 7) is 5.64. The smallest absolute Gasteiger partial charge is 0.165 e. The highest BCUT2D eigenvalue weighted by Gasteiger charge is 2.32. The zero-order chi connectivity index (χ0) is 20.9. The molecule has 0 bridgehead atoms. The van der Waals surface area contributed by atoms with Crippen LogP contribution in [0.2, 0.25) is 0 Å². The first-order chi connectivity index (χ1) is 15.2. The second-order valence-corrected chi connectivity index (χ2v) is 8.47. The third-order valence-electron chi connectivity index (χ3n) is 6.29. The van der Waals surface area contributed by atoms with E-state index >= 15 is 0 Å². The molecule has 9 nitrogen and oxygen atoms in total. The number of fused-ring (bicyclic) bond motifs is 2. The van der Waals surface area contributed by atoms with Gasteiger partial charge >= 0.3 is 0 Å². The van der Waals surface area contributed by atoms with Gasteiger partial charge in [0.25, 0.3) is 0 Å². The van der Waals surface area contributed by atoms with Gasteiger partial charge in [0.1, 0.15) is 23.8 Å². The molecule has 1 N–H and O–H groups in total. The predicted molar refractivity (Wildman–Crippen MR) is 117 cm³/mol. The fraction of sp³-hybridized carbons (Fsp3) is 0.455. The van der Waals surface area contributed by atoms with Crippen LogP contribution >= 0.6 is 0 Å². The first-order valence-corrected chi connectivity index (χ1v) is 11.0. The van der Waals surface area contributed by atoms with E-state index in [9.17, 15) is 0 Å². The van der Waals surface area contributed by atoms with Crippen molar-refractivity contribution >= 4 is 17.0 Å². The minimum absolute atomic E-state index is 0.287. The highest BCUT2D eigenvalue weighted by atomic mass is 15.2. The number of anilines is 1. The van der Waals surface area contributed by atoms with Gasteiger partial charge in [-0.05, 0) is 39.5 Å². The molecule has 4 aromatic rings. The van der Waals surface area contributed by atoms with Crippen LogP contribution < -0.4 is 5.32 Å². The van der Waals surface area contributed by atoms with Gasteiger partial charge < -0.3 is 14.5 Å². The SMILES string of the molecule is CCn1c(-c2cnc(C)nc2)nc2c(NC3CCc4cnc(C5CC5)n4C3)ncnc21. The van der Waals surface area contributed by atoms with E-state index in [4.69, 9.17) is 9.97 Å². The Balaban J connectivity index is 1.34. The average molecular weight is 416 g/mol. The fourth-order valence-corrected chi connectivity index (χ4v) is 4.52. The van der Waals surface area contributed by atoms with Crippen molar-refractivity contribution in [3.63, 3.8) is 0 Å². The maximum atomic E-state index is 4.92. The lowest BCUT2D eigenvalue weighted by Gasteiger charge is -2.26. The van der Waals surface area contributed by atoms with Crippen molar-refractivity contribution in [2.24, 2.45) is 0 Å². The Labute approximate surface area is 180 Å². The molecule has 5 heterocycles. The van der Waals surface area contributed by atoms with Crippen LogP contribution in [-0.2, 0) is 19.5 Å². The fourth-order valence-electron chi connectivity index (χ4n) is 4.52. The van der Waals surface area contributed by atoms with Crippen LogP contribution in [-0.4, -0.2) is 45.1 Å². The van der Waals surface area contributed by atoms with Crippen molar-refractivity contribution in [2.45, 2.75) is 64.6 Å². The quantitative estimate of drug-likeness (QED) is 0.535. The molecule has 0 radical (unpaired) electrons. The Bertz CT molecular complexity index is 1250. The van der Waals surface area contributed by atoms with Crippen molar-refractivity contribution < 1.29 is 0 Å². The highest BCUT2D eigenvalue weighted by Crippen LogP contribution is 2.40. The van der Waals surface area contributed by atoms with E-state index in [1.165, 1.54) is 24.4 Å². The van der Waals surface area contributed by atoms with Crippen LogP contribution in [0.15, 0.2) is 24.9 Å². The van der Waals surface area contributed by atoms with Gasteiger partial charge in [0.2, 0.25) is 0 Å². The van der Waals surface area contributed by atoms with E-state index in [0.29, 0.717) is 5.92 Å². The number of hydrogen-bond acceptors (Lipinski definition) is 7. The zero-order valence-electron chi connectivity index (χ0n) is 17.8. The van der Waals surface area contributed by atoms with Gasteiger partial charge in [-0.3, -0.25) is 0 Å². The number of aryl methyl sites for hydroxylation is 3.